The topological polar surface area (TPSA) is 82.8 Å². The Kier molecular flexibility index (Phi) is 6.61. The Labute approximate surface area is 175 Å². The molecule has 0 bridgehead atoms. The van der Waals surface area contributed by atoms with Gasteiger partial charge in [-0.25, -0.2) is 0 Å². The molecule has 0 fully saturated rings. The molecule has 0 saturated heterocycles. The van der Waals surface area contributed by atoms with Gasteiger partial charge in [0.25, 0.3) is 5.91 Å². The summed E-state index contributed by atoms with van der Waals surface area (Å²) < 4.78 is 21.7. The second-order valence-electron chi connectivity index (χ2n) is 6.92. The molecule has 1 aromatic heterocycles. The van der Waals surface area contributed by atoms with Crippen LogP contribution in [0.2, 0.25) is 0 Å². The van der Waals surface area contributed by atoms with Gasteiger partial charge in [-0.15, -0.1) is 0 Å². The Morgan fingerprint density at radius 3 is 2.57 bits per heavy atom. The van der Waals surface area contributed by atoms with Crippen molar-refractivity contribution >= 4 is 5.91 Å². The summed E-state index contributed by atoms with van der Waals surface area (Å²) in [4.78, 5) is 12.8. The number of methoxy groups -OCH3 is 2. The maximum absolute atomic E-state index is 12.8. The van der Waals surface area contributed by atoms with E-state index in [0.717, 1.165) is 22.6 Å². The zero-order chi connectivity index (χ0) is 21.7. The van der Waals surface area contributed by atoms with E-state index in [1.807, 2.05) is 39.0 Å². The smallest absolute Gasteiger partial charge is 0.251 e. The first-order valence-corrected chi connectivity index (χ1v) is 9.60. The zero-order valence-corrected chi connectivity index (χ0v) is 17.8. The zero-order valence-electron chi connectivity index (χ0n) is 17.8. The Bertz CT molecular complexity index is 1010. The minimum Gasteiger partial charge on any atom is -0.497 e. The lowest BCUT2D eigenvalue weighted by atomic mass is 10.1. The number of nitrogens with zero attached hydrogens (tertiary/aromatic N) is 1. The maximum Gasteiger partial charge on any atom is 0.251 e. The van der Waals surface area contributed by atoms with Crippen LogP contribution in [0.5, 0.6) is 17.2 Å². The summed E-state index contributed by atoms with van der Waals surface area (Å²) in [6.45, 7) is 5.94. The fraction of sp³-hybridized carbons (Fsp3) is 0.304. The molecule has 7 heteroatoms. The Hall–Kier alpha value is -3.48. The lowest BCUT2D eigenvalue weighted by Crippen LogP contribution is -2.27. The van der Waals surface area contributed by atoms with Crippen LogP contribution >= 0.6 is 0 Å². The fourth-order valence-electron chi connectivity index (χ4n) is 3.12. The molecule has 3 aromatic rings. The number of nitrogens with one attached hydrogen (secondary N) is 1. The molecule has 1 unspecified atom stereocenters. The minimum absolute atomic E-state index is 0.205. The van der Waals surface area contributed by atoms with E-state index >= 15 is 0 Å². The average molecular weight is 410 g/mol. The molecule has 1 amide bonds. The van der Waals surface area contributed by atoms with Gasteiger partial charge in [-0.1, -0.05) is 11.2 Å². The molecule has 3 rings (SSSR count). The summed E-state index contributed by atoms with van der Waals surface area (Å²) in [6.07, 6.45) is 0. The second kappa shape index (κ2) is 9.35. The lowest BCUT2D eigenvalue weighted by Gasteiger charge is -2.18. The highest BCUT2D eigenvalue weighted by molar-refractivity contribution is 5.94. The highest BCUT2D eigenvalue weighted by Crippen LogP contribution is 2.29. The van der Waals surface area contributed by atoms with Gasteiger partial charge in [0.05, 0.1) is 31.5 Å². The number of carbonyl (C=O) groups excluding carboxylic acids is 1. The van der Waals surface area contributed by atoms with Crippen molar-refractivity contribution in [2.45, 2.75) is 33.4 Å². The molecule has 1 N–H and O–H groups in total. The second-order valence-corrected chi connectivity index (χ2v) is 6.92. The molecule has 30 heavy (non-hydrogen) atoms. The number of aryl methyl sites for hydroxylation is 2. The number of hydrogen-bond donors (Lipinski definition) is 1. The van der Waals surface area contributed by atoms with Gasteiger partial charge in [0.1, 0.15) is 29.6 Å². The Morgan fingerprint density at radius 2 is 1.90 bits per heavy atom. The SMILES string of the molecule is COc1ccc(C(C)NC(=O)c2cccc(OCc3c(C)noc3C)c2)c(OC)c1. The lowest BCUT2D eigenvalue weighted by molar-refractivity contribution is 0.0939. The van der Waals surface area contributed by atoms with Crippen molar-refractivity contribution in [1.29, 1.82) is 0 Å². The van der Waals surface area contributed by atoms with Gasteiger partial charge < -0.3 is 24.1 Å². The molecular formula is C23H26N2O5. The number of ether oxygens (including phenoxy) is 3. The summed E-state index contributed by atoms with van der Waals surface area (Å²) in [5.74, 6) is 2.46. The van der Waals surface area contributed by atoms with Gasteiger partial charge in [0, 0.05) is 17.2 Å². The summed E-state index contributed by atoms with van der Waals surface area (Å²) in [5, 5.41) is 6.92. The Balaban J connectivity index is 1.69. The van der Waals surface area contributed by atoms with Crippen LogP contribution in [0.3, 0.4) is 0 Å². The molecule has 2 aromatic carbocycles. The third kappa shape index (κ3) is 4.74. The molecule has 0 saturated carbocycles. The van der Waals surface area contributed by atoms with Crippen LogP contribution in [-0.4, -0.2) is 25.3 Å². The van der Waals surface area contributed by atoms with Gasteiger partial charge in [-0.2, -0.15) is 0 Å². The Morgan fingerprint density at radius 1 is 1.10 bits per heavy atom. The summed E-state index contributed by atoms with van der Waals surface area (Å²) in [5.41, 5.74) is 3.07. The van der Waals surface area contributed by atoms with Crippen molar-refractivity contribution in [2.75, 3.05) is 14.2 Å². The summed E-state index contributed by atoms with van der Waals surface area (Å²) in [6, 6.07) is 12.3. The van der Waals surface area contributed by atoms with Gasteiger partial charge in [-0.05, 0) is 51.1 Å². The summed E-state index contributed by atoms with van der Waals surface area (Å²) in [7, 11) is 3.19. The molecule has 1 atom stereocenters. The molecule has 0 aliphatic rings. The third-order valence-electron chi connectivity index (χ3n) is 4.92. The van der Waals surface area contributed by atoms with Gasteiger partial charge >= 0.3 is 0 Å². The van der Waals surface area contributed by atoms with Crippen molar-refractivity contribution in [3.8, 4) is 17.2 Å². The number of rotatable bonds is 8. The molecular weight excluding hydrogens is 384 g/mol. The molecule has 0 aliphatic heterocycles. The van der Waals surface area contributed by atoms with Crippen molar-refractivity contribution in [1.82, 2.24) is 10.5 Å². The van der Waals surface area contributed by atoms with E-state index in [-0.39, 0.29) is 11.9 Å². The predicted octanol–water partition coefficient (Wildman–Crippen LogP) is 4.38. The normalized spacial score (nSPS) is 11.6. The van der Waals surface area contributed by atoms with Crippen LogP contribution in [-0.2, 0) is 6.61 Å². The van der Waals surface area contributed by atoms with E-state index in [4.69, 9.17) is 18.7 Å². The van der Waals surface area contributed by atoms with Gasteiger partial charge in [0.15, 0.2) is 0 Å². The van der Waals surface area contributed by atoms with Crippen LogP contribution in [0.15, 0.2) is 47.0 Å². The molecule has 7 nitrogen and oxygen atoms in total. The minimum atomic E-state index is -0.259. The maximum atomic E-state index is 12.8. The van der Waals surface area contributed by atoms with Crippen LogP contribution in [0.4, 0.5) is 0 Å². The quantitative estimate of drug-likeness (QED) is 0.593. The van der Waals surface area contributed by atoms with E-state index < -0.39 is 0 Å². The number of hydrogen-bond acceptors (Lipinski definition) is 6. The molecule has 1 heterocycles. The van der Waals surface area contributed by atoms with Crippen molar-refractivity contribution < 1.29 is 23.5 Å². The summed E-state index contributed by atoms with van der Waals surface area (Å²) >= 11 is 0. The molecule has 0 aliphatic carbocycles. The van der Waals surface area contributed by atoms with E-state index in [9.17, 15) is 4.79 Å². The monoisotopic (exact) mass is 410 g/mol. The number of benzene rings is 2. The fourth-order valence-corrected chi connectivity index (χ4v) is 3.12. The van der Waals surface area contributed by atoms with Gasteiger partial charge in [0.2, 0.25) is 0 Å². The first-order valence-electron chi connectivity index (χ1n) is 9.60. The predicted molar refractivity (Wildman–Crippen MR) is 112 cm³/mol. The molecule has 0 spiro atoms. The van der Waals surface area contributed by atoms with Crippen molar-refractivity contribution in [3.63, 3.8) is 0 Å². The van der Waals surface area contributed by atoms with Crippen LogP contribution in [0.25, 0.3) is 0 Å². The highest BCUT2D eigenvalue weighted by atomic mass is 16.5. The van der Waals surface area contributed by atoms with Gasteiger partial charge in [-0.3, -0.25) is 4.79 Å². The van der Waals surface area contributed by atoms with E-state index in [1.54, 1.807) is 38.5 Å². The number of aromatic nitrogens is 1. The third-order valence-corrected chi connectivity index (χ3v) is 4.92. The number of amides is 1. The standard InChI is InChI=1S/C23H26N2O5/c1-14(20-10-9-18(27-4)12-22(20)28-5)24-23(26)17-7-6-8-19(11-17)29-13-21-15(2)25-30-16(21)3/h6-12,14H,13H2,1-5H3,(H,24,26). The molecule has 158 valence electrons. The first-order chi connectivity index (χ1) is 14.4. The van der Waals surface area contributed by atoms with E-state index in [2.05, 4.69) is 10.5 Å². The largest absolute Gasteiger partial charge is 0.497 e. The molecule has 0 radical (unpaired) electrons. The van der Waals surface area contributed by atoms with Crippen LogP contribution in [0.1, 0.15) is 45.9 Å². The highest BCUT2D eigenvalue weighted by Gasteiger charge is 2.17. The average Bonchev–Trinajstić information content (AvgIpc) is 3.09. The van der Waals surface area contributed by atoms with Crippen molar-refractivity contribution in [3.05, 3.63) is 70.6 Å². The van der Waals surface area contributed by atoms with Crippen molar-refractivity contribution in [2.24, 2.45) is 0 Å². The van der Waals surface area contributed by atoms with E-state index in [1.165, 1.54) is 0 Å². The van der Waals surface area contributed by atoms with Crippen LogP contribution < -0.4 is 19.5 Å². The van der Waals surface area contributed by atoms with Crippen LogP contribution in [0, 0.1) is 13.8 Å². The first kappa shape index (κ1) is 21.2. The number of carbonyl (C=O) groups is 1. The van der Waals surface area contributed by atoms with E-state index in [0.29, 0.717) is 29.4 Å².